The van der Waals surface area contributed by atoms with Crippen LogP contribution in [0, 0.1) is 0 Å². The standard InChI is InChI=1S/C20H15Cl2N3OS/c1-27-20-23-18(12-6-2-3-7-14(12)21)13-10-11-17(26)25(19(13)24-20)16-9-5-4-8-15(16)22/h2-9H,10-11H2,1H3. The molecule has 4 rings (SSSR count). The van der Waals surface area contributed by atoms with E-state index >= 15 is 0 Å². The molecule has 7 heteroatoms. The SMILES string of the molecule is CSc1nc(-c2ccccc2Cl)c2c(n1)N(c1ccccc1Cl)C(=O)CC2. The lowest BCUT2D eigenvalue weighted by molar-refractivity contribution is -0.118. The van der Waals surface area contributed by atoms with Crippen molar-refractivity contribution in [2.75, 3.05) is 11.2 Å². The van der Waals surface area contributed by atoms with Crippen molar-refractivity contribution >= 4 is 52.4 Å². The van der Waals surface area contributed by atoms with E-state index in [1.807, 2.05) is 48.7 Å². The van der Waals surface area contributed by atoms with Gasteiger partial charge in [0.15, 0.2) is 5.16 Å². The van der Waals surface area contributed by atoms with Gasteiger partial charge in [-0.15, -0.1) is 0 Å². The summed E-state index contributed by atoms with van der Waals surface area (Å²) in [5.41, 5.74) is 3.13. The number of thioether (sulfide) groups is 1. The van der Waals surface area contributed by atoms with Gasteiger partial charge in [0.25, 0.3) is 0 Å². The molecule has 4 nitrogen and oxygen atoms in total. The lowest BCUT2D eigenvalue weighted by atomic mass is 9.98. The third kappa shape index (κ3) is 3.31. The molecule has 3 aromatic rings. The van der Waals surface area contributed by atoms with Crippen LogP contribution in [0.3, 0.4) is 0 Å². The van der Waals surface area contributed by atoms with Crippen molar-refractivity contribution in [3.63, 3.8) is 0 Å². The number of para-hydroxylation sites is 1. The predicted octanol–water partition coefficient (Wildman–Crippen LogP) is 5.78. The quantitative estimate of drug-likeness (QED) is 0.401. The van der Waals surface area contributed by atoms with Gasteiger partial charge in [0.05, 0.1) is 16.4 Å². The molecule has 0 atom stereocenters. The van der Waals surface area contributed by atoms with Gasteiger partial charge in [-0.2, -0.15) is 0 Å². The molecule has 2 heterocycles. The zero-order valence-electron chi connectivity index (χ0n) is 14.4. The van der Waals surface area contributed by atoms with Crippen molar-refractivity contribution in [1.82, 2.24) is 9.97 Å². The summed E-state index contributed by atoms with van der Waals surface area (Å²) >= 11 is 14.2. The fourth-order valence-corrected chi connectivity index (χ4v) is 3.98. The first-order chi connectivity index (χ1) is 13.1. The number of halogens is 2. The van der Waals surface area contributed by atoms with Gasteiger partial charge in [-0.1, -0.05) is 65.3 Å². The van der Waals surface area contributed by atoms with E-state index in [1.54, 1.807) is 11.0 Å². The molecular formula is C20H15Cl2N3OS. The van der Waals surface area contributed by atoms with Crippen LogP contribution in [0.25, 0.3) is 11.3 Å². The van der Waals surface area contributed by atoms with Gasteiger partial charge in [0.2, 0.25) is 5.91 Å². The van der Waals surface area contributed by atoms with Gasteiger partial charge < -0.3 is 0 Å². The summed E-state index contributed by atoms with van der Waals surface area (Å²) in [6, 6.07) is 14.9. The van der Waals surface area contributed by atoms with Gasteiger partial charge >= 0.3 is 0 Å². The van der Waals surface area contributed by atoms with Crippen molar-refractivity contribution in [2.24, 2.45) is 0 Å². The highest BCUT2D eigenvalue weighted by atomic mass is 35.5. The molecule has 0 fully saturated rings. The summed E-state index contributed by atoms with van der Waals surface area (Å²) in [4.78, 5) is 23.8. The Morgan fingerprint density at radius 2 is 1.67 bits per heavy atom. The van der Waals surface area contributed by atoms with Crippen LogP contribution in [-0.4, -0.2) is 22.1 Å². The predicted molar refractivity (Wildman–Crippen MR) is 111 cm³/mol. The number of carbonyl (C=O) groups excluding carboxylic acids is 1. The first-order valence-corrected chi connectivity index (χ1v) is 10.4. The molecular weight excluding hydrogens is 401 g/mol. The van der Waals surface area contributed by atoms with Crippen LogP contribution in [0.15, 0.2) is 53.7 Å². The lowest BCUT2D eigenvalue weighted by Crippen LogP contribution is -2.32. The zero-order valence-corrected chi connectivity index (χ0v) is 16.8. The van der Waals surface area contributed by atoms with Crippen LogP contribution in [0.2, 0.25) is 10.0 Å². The van der Waals surface area contributed by atoms with Crippen LogP contribution in [0.5, 0.6) is 0 Å². The second kappa shape index (κ2) is 7.50. The van der Waals surface area contributed by atoms with Gasteiger partial charge in [0.1, 0.15) is 5.82 Å². The van der Waals surface area contributed by atoms with Crippen molar-refractivity contribution in [1.29, 1.82) is 0 Å². The lowest BCUT2D eigenvalue weighted by Gasteiger charge is -2.30. The van der Waals surface area contributed by atoms with E-state index < -0.39 is 0 Å². The monoisotopic (exact) mass is 415 g/mol. The number of benzene rings is 2. The fraction of sp³-hybridized carbons (Fsp3) is 0.150. The number of hydrogen-bond donors (Lipinski definition) is 0. The minimum Gasteiger partial charge on any atom is -0.274 e. The Labute approximate surface area is 171 Å². The number of hydrogen-bond acceptors (Lipinski definition) is 4. The van der Waals surface area contributed by atoms with Gasteiger partial charge in [0, 0.05) is 22.6 Å². The second-order valence-corrected chi connectivity index (χ2v) is 7.61. The second-order valence-electron chi connectivity index (χ2n) is 6.02. The van der Waals surface area contributed by atoms with Gasteiger partial charge in [-0.3, -0.25) is 9.69 Å². The Balaban J connectivity index is 1.98. The minimum absolute atomic E-state index is 0.0357. The molecule has 0 saturated carbocycles. The van der Waals surface area contributed by atoms with Crippen LogP contribution in [-0.2, 0) is 11.2 Å². The smallest absolute Gasteiger partial charge is 0.233 e. The Morgan fingerprint density at radius 1 is 0.963 bits per heavy atom. The van der Waals surface area contributed by atoms with Crippen LogP contribution < -0.4 is 4.90 Å². The summed E-state index contributed by atoms with van der Waals surface area (Å²) < 4.78 is 0. The molecule has 1 amide bonds. The fourth-order valence-electron chi connectivity index (χ4n) is 3.18. The molecule has 0 aliphatic carbocycles. The van der Waals surface area contributed by atoms with Crippen LogP contribution in [0.4, 0.5) is 11.5 Å². The van der Waals surface area contributed by atoms with E-state index in [-0.39, 0.29) is 5.91 Å². The normalized spacial score (nSPS) is 13.6. The first kappa shape index (κ1) is 18.3. The molecule has 2 aromatic carbocycles. The van der Waals surface area contributed by atoms with E-state index in [0.717, 1.165) is 16.8 Å². The Kier molecular flexibility index (Phi) is 5.08. The molecule has 0 unspecified atom stereocenters. The largest absolute Gasteiger partial charge is 0.274 e. The number of amides is 1. The maximum atomic E-state index is 12.8. The molecule has 0 spiro atoms. The third-order valence-electron chi connectivity index (χ3n) is 4.42. The molecule has 136 valence electrons. The molecule has 0 radical (unpaired) electrons. The number of nitrogens with zero attached hydrogens (tertiary/aromatic N) is 3. The summed E-state index contributed by atoms with van der Waals surface area (Å²) in [5, 5.41) is 1.70. The summed E-state index contributed by atoms with van der Waals surface area (Å²) in [6.07, 6.45) is 2.82. The zero-order chi connectivity index (χ0) is 19.0. The maximum absolute atomic E-state index is 12.8. The number of fused-ring (bicyclic) bond motifs is 1. The molecule has 0 bridgehead atoms. The molecule has 27 heavy (non-hydrogen) atoms. The minimum atomic E-state index is -0.0357. The number of anilines is 2. The van der Waals surface area contributed by atoms with Crippen molar-refractivity contribution in [3.8, 4) is 11.3 Å². The number of rotatable bonds is 3. The molecule has 1 aromatic heterocycles. The Hall–Kier alpha value is -2.08. The van der Waals surface area contributed by atoms with Crippen molar-refractivity contribution < 1.29 is 4.79 Å². The highest BCUT2D eigenvalue weighted by Crippen LogP contribution is 2.41. The molecule has 1 aliphatic rings. The number of aromatic nitrogens is 2. The van der Waals surface area contributed by atoms with E-state index in [9.17, 15) is 4.79 Å². The third-order valence-corrected chi connectivity index (χ3v) is 5.62. The summed E-state index contributed by atoms with van der Waals surface area (Å²) in [7, 11) is 0. The first-order valence-electron chi connectivity index (χ1n) is 8.37. The maximum Gasteiger partial charge on any atom is 0.233 e. The van der Waals surface area contributed by atoms with Gasteiger partial charge in [-0.25, -0.2) is 9.97 Å². The van der Waals surface area contributed by atoms with E-state index in [0.29, 0.717) is 39.5 Å². The van der Waals surface area contributed by atoms with E-state index in [4.69, 9.17) is 28.2 Å². The Morgan fingerprint density at radius 3 is 2.37 bits per heavy atom. The average molecular weight is 416 g/mol. The Bertz CT molecular complexity index is 1040. The van der Waals surface area contributed by atoms with E-state index in [2.05, 4.69) is 4.98 Å². The molecule has 0 N–H and O–H groups in total. The highest BCUT2D eigenvalue weighted by Gasteiger charge is 2.32. The summed E-state index contributed by atoms with van der Waals surface area (Å²) in [6.45, 7) is 0. The van der Waals surface area contributed by atoms with Crippen LogP contribution >= 0.6 is 35.0 Å². The van der Waals surface area contributed by atoms with Crippen LogP contribution in [0.1, 0.15) is 12.0 Å². The van der Waals surface area contributed by atoms with Gasteiger partial charge in [-0.05, 0) is 30.9 Å². The van der Waals surface area contributed by atoms with Crippen molar-refractivity contribution in [3.05, 3.63) is 64.1 Å². The molecule has 0 saturated heterocycles. The van der Waals surface area contributed by atoms with E-state index in [1.165, 1.54) is 11.8 Å². The number of carbonyl (C=O) groups is 1. The molecule has 1 aliphatic heterocycles. The summed E-state index contributed by atoms with van der Waals surface area (Å²) in [5.74, 6) is 0.542. The topological polar surface area (TPSA) is 46.1 Å². The highest BCUT2D eigenvalue weighted by molar-refractivity contribution is 7.98. The van der Waals surface area contributed by atoms with Crippen molar-refractivity contribution in [2.45, 2.75) is 18.0 Å². The average Bonchev–Trinajstić information content (AvgIpc) is 2.68.